The smallest absolute Gasteiger partial charge is 0.120 e. The van der Waals surface area contributed by atoms with Gasteiger partial charge in [0.15, 0.2) is 0 Å². The first-order chi connectivity index (χ1) is 7.29. The lowest BCUT2D eigenvalue weighted by molar-refractivity contribution is 0.303. The average molecular weight is 242 g/mol. The van der Waals surface area contributed by atoms with Crippen LogP contribution in [-0.4, -0.2) is 5.11 Å². The highest BCUT2D eigenvalue weighted by Gasteiger charge is 2.23. The number of aromatic hydroxyl groups is 1. The second-order valence-corrected chi connectivity index (χ2v) is 4.48. The summed E-state index contributed by atoms with van der Waals surface area (Å²) >= 11 is 0. The molecular weight excluding hydrogens is 222 g/mol. The Labute approximate surface area is 103 Å². The number of hydrogen-bond acceptors (Lipinski definition) is 2. The first-order valence-electron chi connectivity index (χ1n) is 5.82. The van der Waals surface area contributed by atoms with Crippen LogP contribution in [0.3, 0.4) is 0 Å². The van der Waals surface area contributed by atoms with Crippen LogP contribution < -0.4 is 5.73 Å². The molecule has 0 spiro atoms. The summed E-state index contributed by atoms with van der Waals surface area (Å²) in [4.78, 5) is 0. The maximum atomic E-state index is 9.73. The molecule has 3 heteroatoms. The van der Waals surface area contributed by atoms with E-state index >= 15 is 0 Å². The molecule has 1 aromatic rings. The molecule has 16 heavy (non-hydrogen) atoms. The van der Waals surface area contributed by atoms with E-state index in [4.69, 9.17) is 5.73 Å². The Balaban J connectivity index is 0.00000128. The minimum atomic E-state index is 0. The van der Waals surface area contributed by atoms with Gasteiger partial charge >= 0.3 is 0 Å². The Morgan fingerprint density at radius 2 is 1.75 bits per heavy atom. The third-order valence-corrected chi connectivity index (χ3v) is 3.45. The highest BCUT2D eigenvalue weighted by atomic mass is 35.5. The quantitative estimate of drug-likeness (QED) is 0.834. The van der Waals surface area contributed by atoms with Gasteiger partial charge < -0.3 is 10.8 Å². The van der Waals surface area contributed by atoms with Gasteiger partial charge in [-0.15, -0.1) is 12.4 Å². The van der Waals surface area contributed by atoms with E-state index in [-0.39, 0.29) is 18.4 Å². The van der Waals surface area contributed by atoms with Crippen LogP contribution in [0.1, 0.15) is 43.7 Å². The summed E-state index contributed by atoms with van der Waals surface area (Å²) in [6, 6.07) is 7.45. The molecule has 1 aliphatic carbocycles. The van der Waals surface area contributed by atoms with Crippen molar-refractivity contribution in [3.8, 4) is 5.75 Å². The van der Waals surface area contributed by atoms with Gasteiger partial charge in [-0.05, 0) is 24.8 Å². The van der Waals surface area contributed by atoms with Crippen LogP contribution in [0.15, 0.2) is 24.3 Å². The summed E-state index contributed by atoms with van der Waals surface area (Å²) < 4.78 is 0. The Morgan fingerprint density at radius 1 is 1.12 bits per heavy atom. The van der Waals surface area contributed by atoms with Crippen molar-refractivity contribution in [3.63, 3.8) is 0 Å². The molecule has 1 aliphatic rings. The fourth-order valence-electron chi connectivity index (χ4n) is 2.52. The molecular formula is C13H20ClNO. The minimum Gasteiger partial charge on any atom is -0.508 e. The van der Waals surface area contributed by atoms with Crippen molar-refractivity contribution in [1.82, 2.24) is 0 Å². The molecule has 0 aliphatic heterocycles. The molecule has 3 N–H and O–H groups in total. The maximum Gasteiger partial charge on any atom is 0.120 e. The molecule has 1 fully saturated rings. The van der Waals surface area contributed by atoms with E-state index in [0.717, 1.165) is 5.56 Å². The molecule has 90 valence electrons. The molecule has 0 unspecified atom stereocenters. The molecule has 0 bridgehead atoms. The molecule has 1 atom stereocenters. The summed E-state index contributed by atoms with van der Waals surface area (Å²) in [6.45, 7) is 0. The number of benzene rings is 1. The third kappa shape index (κ3) is 2.89. The van der Waals surface area contributed by atoms with E-state index in [0.29, 0.717) is 11.7 Å². The zero-order valence-corrected chi connectivity index (χ0v) is 10.2. The van der Waals surface area contributed by atoms with E-state index < -0.39 is 0 Å². The summed E-state index contributed by atoms with van der Waals surface area (Å²) in [7, 11) is 0. The Kier molecular flexibility index (Phi) is 5.10. The first kappa shape index (κ1) is 13.3. The lowest BCUT2D eigenvalue weighted by atomic mass is 9.81. The molecule has 2 rings (SSSR count). The van der Waals surface area contributed by atoms with Gasteiger partial charge in [-0.2, -0.15) is 0 Å². The SMILES string of the molecule is Cl.N[C@@H](c1ccccc1O)C1CCCCC1. The van der Waals surface area contributed by atoms with E-state index in [1.54, 1.807) is 6.07 Å². The zero-order chi connectivity index (χ0) is 10.7. The number of rotatable bonds is 2. The molecule has 0 amide bonds. The van der Waals surface area contributed by atoms with Gasteiger partial charge in [0.2, 0.25) is 0 Å². The van der Waals surface area contributed by atoms with Crippen LogP contribution >= 0.6 is 12.4 Å². The predicted octanol–water partition coefficient (Wildman–Crippen LogP) is 3.39. The van der Waals surface area contributed by atoms with Crippen molar-refractivity contribution in [2.45, 2.75) is 38.1 Å². The molecule has 0 aromatic heterocycles. The highest BCUT2D eigenvalue weighted by Crippen LogP contribution is 2.35. The highest BCUT2D eigenvalue weighted by molar-refractivity contribution is 5.85. The van der Waals surface area contributed by atoms with Gasteiger partial charge in [0.05, 0.1) is 0 Å². The summed E-state index contributed by atoms with van der Waals surface area (Å²) in [5.74, 6) is 0.891. The monoisotopic (exact) mass is 241 g/mol. The van der Waals surface area contributed by atoms with Crippen LogP contribution in [0.5, 0.6) is 5.75 Å². The maximum absolute atomic E-state index is 9.73. The summed E-state index contributed by atoms with van der Waals surface area (Å²) in [5, 5.41) is 9.73. The van der Waals surface area contributed by atoms with Crippen molar-refractivity contribution < 1.29 is 5.11 Å². The number of halogens is 1. The number of para-hydroxylation sites is 1. The summed E-state index contributed by atoms with van der Waals surface area (Å²) in [5.41, 5.74) is 7.12. The standard InChI is InChI=1S/C13H19NO.ClH/c14-13(10-6-2-1-3-7-10)11-8-4-5-9-12(11)15;/h4-5,8-10,13,15H,1-3,6-7,14H2;1H/t13-;/m1./s1. The second kappa shape index (κ2) is 6.12. The Morgan fingerprint density at radius 3 is 2.38 bits per heavy atom. The lowest BCUT2D eigenvalue weighted by Gasteiger charge is -2.28. The van der Waals surface area contributed by atoms with Crippen molar-refractivity contribution in [2.24, 2.45) is 11.7 Å². The van der Waals surface area contributed by atoms with Gasteiger partial charge in [0, 0.05) is 11.6 Å². The van der Waals surface area contributed by atoms with Gasteiger partial charge in [0.25, 0.3) is 0 Å². The lowest BCUT2D eigenvalue weighted by Crippen LogP contribution is -2.23. The van der Waals surface area contributed by atoms with Crippen molar-refractivity contribution >= 4 is 12.4 Å². The molecule has 0 radical (unpaired) electrons. The zero-order valence-electron chi connectivity index (χ0n) is 9.43. The average Bonchev–Trinajstić information content (AvgIpc) is 2.30. The number of phenols is 1. The number of hydrogen-bond donors (Lipinski definition) is 2. The van der Waals surface area contributed by atoms with Gasteiger partial charge in [0.1, 0.15) is 5.75 Å². The van der Waals surface area contributed by atoms with Gasteiger partial charge in [-0.25, -0.2) is 0 Å². The molecule has 2 nitrogen and oxygen atoms in total. The topological polar surface area (TPSA) is 46.2 Å². The van der Waals surface area contributed by atoms with E-state index in [1.807, 2.05) is 18.2 Å². The van der Waals surface area contributed by atoms with Crippen molar-refractivity contribution in [2.75, 3.05) is 0 Å². The number of phenolic OH excluding ortho intramolecular Hbond substituents is 1. The van der Waals surface area contributed by atoms with Crippen LogP contribution in [0.25, 0.3) is 0 Å². The Hall–Kier alpha value is -0.730. The van der Waals surface area contributed by atoms with Gasteiger partial charge in [-0.1, -0.05) is 37.5 Å². The largest absolute Gasteiger partial charge is 0.508 e. The second-order valence-electron chi connectivity index (χ2n) is 4.48. The molecule has 1 saturated carbocycles. The van der Waals surface area contributed by atoms with Crippen molar-refractivity contribution in [1.29, 1.82) is 0 Å². The summed E-state index contributed by atoms with van der Waals surface area (Å²) in [6.07, 6.45) is 6.31. The Bertz CT molecular complexity index is 323. The van der Waals surface area contributed by atoms with Crippen LogP contribution in [-0.2, 0) is 0 Å². The fourth-order valence-corrected chi connectivity index (χ4v) is 2.52. The van der Waals surface area contributed by atoms with E-state index in [2.05, 4.69) is 0 Å². The van der Waals surface area contributed by atoms with E-state index in [1.165, 1.54) is 32.1 Å². The van der Waals surface area contributed by atoms with Crippen LogP contribution in [0.2, 0.25) is 0 Å². The fraction of sp³-hybridized carbons (Fsp3) is 0.538. The third-order valence-electron chi connectivity index (χ3n) is 3.45. The molecule has 1 aromatic carbocycles. The predicted molar refractivity (Wildman–Crippen MR) is 68.9 cm³/mol. The molecule has 0 heterocycles. The van der Waals surface area contributed by atoms with Gasteiger partial charge in [-0.3, -0.25) is 0 Å². The van der Waals surface area contributed by atoms with Crippen LogP contribution in [0.4, 0.5) is 0 Å². The first-order valence-corrected chi connectivity index (χ1v) is 5.82. The molecule has 0 saturated heterocycles. The van der Waals surface area contributed by atoms with Crippen molar-refractivity contribution in [3.05, 3.63) is 29.8 Å². The number of nitrogens with two attached hydrogens (primary N) is 1. The van der Waals surface area contributed by atoms with E-state index in [9.17, 15) is 5.11 Å². The minimum absolute atomic E-state index is 0. The normalized spacial score (nSPS) is 18.8. The van der Waals surface area contributed by atoms with Crippen LogP contribution in [0, 0.1) is 5.92 Å².